The van der Waals surface area contributed by atoms with Crippen LogP contribution < -0.4 is 4.90 Å². The zero-order chi connectivity index (χ0) is 14.7. The zero-order valence-corrected chi connectivity index (χ0v) is 12.1. The highest BCUT2D eigenvalue weighted by molar-refractivity contribution is 6.29. The van der Waals surface area contributed by atoms with E-state index in [9.17, 15) is 4.79 Å². The second kappa shape index (κ2) is 6.05. The van der Waals surface area contributed by atoms with Gasteiger partial charge in [0, 0.05) is 32.4 Å². The molecule has 0 aromatic carbocycles. The molecule has 0 N–H and O–H groups in total. The summed E-state index contributed by atoms with van der Waals surface area (Å²) in [6.45, 7) is 2.78. The van der Waals surface area contributed by atoms with Gasteiger partial charge in [0.25, 0.3) is 5.91 Å². The molecule has 21 heavy (non-hydrogen) atoms. The van der Waals surface area contributed by atoms with Crippen molar-refractivity contribution in [2.45, 2.75) is 0 Å². The molecule has 0 spiro atoms. The highest BCUT2D eigenvalue weighted by Crippen LogP contribution is 2.14. The van der Waals surface area contributed by atoms with Crippen molar-refractivity contribution in [3.05, 3.63) is 47.6 Å². The average molecular weight is 304 g/mol. The van der Waals surface area contributed by atoms with Crippen molar-refractivity contribution in [3.63, 3.8) is 0 Å². The summed E-state index contributed by atoms with van der Waals surface area (Å²) in [5.41, 5.74) is 0.325. The van der Waals surface area contributed by atoms with Gasteiger partial charge in [-0.2, -0.15) is 0 Å². The van der Waals surface area contributed by atoms with Gasteiger partial charge in [-0.25, -0.2) is 15.0 Å². The van der Waals surface area contributed by atoms with E-state index in [1.165, 1.54) is 12.4 Å². The minimum absolute atomic E-state index is 0.111. The summed E-state index contributed by atoms with van der Waals surface area (Å²) in [5.74, 6) is 0.829. The number of piperazine rings is 1. The minimum atomic E-state index is -0.111. The number of anilines is 1. The number of carbonyl (C=O) groups is 1. The number of carbonyl (C=O) groups excluding carboxylic acids is 1. The van der Waals surface area contributed by atoms with Gasteiger partial charge in [-0.3, -0.25) is 4.79 Å². The molecular formula is C14H14ClN5O. The van der Waals surface area contributed by atoms with E-state index in [0.29, 0.717) is 18.8 Å². The van der Waals surface area contributed by atoms with Crippen LogP contribution in [0.25, 0.3) is 0 Å². The molecule has 3 rings (SSSR count). The monoisotopic (exact) mass is 303 g/mol. The molecule has 1 amide bonds. The third-order valence-corrected chi connectivity index (χ3v) is 3.57. The molecule has 0 saturated carbocycles. The van der Waals surface area contributed by atoms with Crippen LogP contribution in [0.4, 0.5) is 5.82 Å². The van der Waals surface area contributed by atoms with E-state index in [1.807, 2.05) is 18.2 Å². The van der Waals surface area contributed by atoms with E-state index in [-0.39, 0.29) is 11.1 Å². The Morgan fingerprint density at radius 2 is 1.86 bits per heavy atom. The van der Waals surface area contributed by atoms with Gasteiger partial charge in [0.2, 0.25) is 0 Å². The van der Waals surface area contributed by atoms with Crippen molar-refractivity contribution in [1.82, 2.24) is 19.9 Å². The second-order valence-corrected chi connectivity index (χ2v) is 5.08. The van der Waals surface area contributed by atoms with Gasteiger partial charge in [0.05, 0.1) is 12.4 Å². The smallest absolute Gasteiger partial charge is 0.274 e. The topological polar surface area (TPSA) is 62.2 Å². The molecule has 0 radical (unpaired) electrons. The van der Waals surface area contributed by atoms with Gasteiger partial charge in [-0.15, -0.1) is 0 Å². The van der Waals surface area contributed by atoms with Crippen molar-refractivity contribution in [2.24, 2.45) is 0 Å². The first kappa shape index (κ1) is 13.8. The van der Waals surface area contributed by atoms with Gasteiger partial charge in [-0.1, -0.05) is 17.7 Å². The Labute approximate surface area is 127 Å². The molecule has 2 aromatic rings. The third-order valence-electron chi connectivity index (χ3n) is 3.38. The van der Waals surface area contributed by atoms with Crippen LogP contribution in [0.3, 0.4) is 0 Å². The number of hydrogen-bond acceptors (Lipinski definition) is 5. The summed E-state index contributed by atoms with van der Waals surface area (Å²) in [4.78, 5) is 28.5. The van der Waals surface area contributed by atoms with Crippen LogP contribution >= 0.6 is 11.6 Å². The number of rotatable bonds is 2. The van der Waals surface area contributed by atoms with Crippen molar-refractivity contribution in [3.8, 4) is 0 Å². The molecule has 3 heterocycles. The fourth-order valence-corrected chi connectivity index (χ4v) is 2.36. The van der Waals surface area contributed by atoms with E-state index >= 15 is 0 Å². The van der Waals surface area contributed by atoms with E-state index in [0.717, 1.165) is 18.9 Å². The first-order chi connectivity index (χ1) is 10.2. The van der Waals surface area contributed by atoms with Gasteiger partial charge in [0.15, 0.2) is 0 Å². The molecule has 0 atom stereocenters. The lowest BCUT2D eigenvalue weighted by molar-refractivity contribution is 0.0740. The van der Waals surface area contributed by atoms with Crippen LogP contribution in [0.5, 0.6) is 0 Å². The van der Waals surface area contributed by atoms with Crippen molar-refractivity contribution < 1.29 is 4.79 Å². The Balaban J connectivity index is 1.63. The van der Waals surface area contributed by atoms with Crippen molar-refractivity contribution >= 4 is 23.3 Å². The maximum Gasteiger partial charge on any atom is 0.274 e. The Morgan fingerprint density at radius 3 is 2.48 bits per heavy atom. The summed E-state index contributed by atoms with van der Waals surface area (Å²) in [5, 5.41) is 0.284. The molecule has 0 aliphatic carbocycles. The number of amides is 1. The molecule has 7 heteroatoms. The largest absolute Gasteiger partial charge is 0.353 e. The minimum Gasteiger partial charge on any atom is -0.353 e. The highest BCUT2D eigenvalue weighted by atomic mass is 35.5. The lowest BCUT2D eigenvalue weighted by atomic mass is 10.2. The van der Waals surface area contributed by atoms with Crippen LogP contribution in [0.15, 0.2) is 36.8 Å². The van der Waals surface area contributed by atoms with Crippen LogP contribution in [0, 0.1) is 0 Å². The quantitative estimate of drug-likeness (QED) is 0.841. The van der Waals surface area contributed by atoms with Crippen LogP contribution in [-0.2, 0) is 0 Å². The molecule has 0 unspecified atom stereocenters. The number of pyridine rings is 1. The Morgan fingerprint density at radius 1 is 1.05 bits per heavy atom. The van der Waals surface area contributed by atoms with Crippen LogP contribution in [0.2, 0.25) is 5.15 Å². The SMILES string of the molecule is O=C(c1cnc(Cl)cn1)N1CCN(c2ccccn2)CC1. The molecule has 108 valence electrons. The molecule has 6 nitrogen and oxygen atoms in total. The zero-order valence-electron chi connectivity index (χ0n) is 11.3. The molecule has 0 bridgehead atoms. The van der Waals surface area contributed by atoms with Crippen LogP contribution in [0.1, 0.15) is 10.5 Å². The number of nitrogens with zero attached hydrogens (tertiary/aromatic N) is 5. The fraction of sp³-hybridized carbons (Fsp3) is 0.286. The van der Waals surface area contributed by atoms with Gasteiger partial charge in [-0.05, 0) is 12.1 Å². The van der Waals surface area contributed by atoms with E-state index in [4.69, 9.17) is 11.6 Å². The van der Waals surface area contributed by atoms with E-state index in [2.05, 4.69) is 19.9 Å². The Bertz CT molecular complexity index is 611. The summed E-state index contributed by atoms with van der Waals surface area (Å²) < 4.78 is 0. The Kier molecular flexibility index (Phi) is 3.96. The summed E-state index contributed by atoms with van der Waals surface area (Å²) >= 11 is 5.68. The lowest BCUT2D eigenvalue weighted by Crippen LogP contribution is -2.49. The van der Waals surface area contributed by atoms with Gasteiger partial charge < -0.3 is 9.80 Å². The van der Waals surface area contributed by atoms with Crippen molar-refractivity contribution in [2.75, 3.05) is 31.1 Å². The maximum absolute atomic E-state index is 12.3. The van der Waals surface area contributed by atoms with Gasteiger partial charge in [0.1, 0.15) is 16.7 Å². The summed E-state index contributed by atoms with van der Waals surface area (Å²) in [6.07, 6.45) is 4.57. The lowest BCUT2D eigenvalue weighted by Gasteiger charge is -2.35. The predicted molar refractivity (Wildman–Crippen MR) is 79.4 cm³/mol. The molecule has 2 aromatic heterocycles. The van der Waals surface area contributed by atoms with Gasteiger partial charge >= 0.3 is 0 Å². The normalized spacial score (nSPS) is 15.1. The van der Waals surface area contributed by atoms with E-state index in [1.54, 1.807) is 11.1 Å². The summed E-state index contributed by atoms with van der Waals surface area (Å²) in [6, 6.07) is 5.83. The first-order valence-corrected chi connectivity index (χ1v) is 7.04. The van der Waals surface area contributed by atoms with E-state index < -0.39 is 0 Å². The summed E-state index contributed by atoms with van der Waals surface area (Å²) in [7, 11) is 0. The van der Waals surface area contributed by atoms with Crippen LogP contribution in [-0.4, -0.2) is 51.9 Å². The number of hydrogen-bond donors (Lipinski definition) is 0. The molecule has 1 saturated heterocycles. The molecule has 1 aliphatic rings. The highest BCUT2D eigenvalue weighted by Gasteiger charge is 2.23. The predicted octanol–water partition coefficient (Wildman–Crippen LogP) is 1.49. The molecule has 1 fully saturated rings. The molecule has 1 aliphatic heterocycles. The fourth-order valence-electron chi connectivity index (χ4n) is 2.26. The number of halogens is 1. The average Bonchev–Trinajstić information content (AvgIpc) is 2.56. The second-order valence-electron chi connectivity index (χ2n) is 4.69. The maximum atomic E-state index is 12.3. The third kappa shape index (κ3) is 3.11. The standard InChI is InChI=1S/C14H14ClN5O/c15-12-10-17-11(9-18-12)14(21)20-7-5-19(6-8-20)13-3-1-2-4-16-13/h1-4,9-10H,5-8H2. The number of aromatic nitrogens is 3. The van der Waals surface area contributed by atoms with Crippen molar-refractivity contribution in [1.29, 1.82) is 0 Å². The first-order valence-electron chi connectivity index (χ1n) is 6.67. The Hall–Kier alpha value is -2.21. The molecular weight excluding hydrogens is 290 g/mol.